The molecule has 1 atom stereocenters. The largest absolute Gasteiger partial charge is 0.489 e. The van der Waals surface area contributed by atoms with Crippen molar-refractivity contribution in [2.45, 2.75) is 52.1 Å². The van der Waals surface area contributed by atoms with E-state index < -0.39 is 0 Å². The first-order valence-electron chi connectivity index (χ1n) is 6.25. The minimum Gasteiger partial charge on any atom is -0.489 e. The summed E-state index contributed by atoms with van der Waals surface area (Å²) < 4.78 is 5.80. The van der Waals surface area contributed by atoms with Crippen LogP contribution in [0.15, 0.2) is 24.3 Å². The van der Waals surface area contributed by atoms with Gasteiger partial charge in [-0.2, -0.15) is 0 Å². The van der Waals surface area contributed by atoms with Crippen LogP contribution in [0.3, 0.4) is 0 Å². The molecule has 2 N–H and O–H groups in total. The second kappa shape index (κ2) is 7.15. The highest BCUT2D eigenvalue weighted by Gasteiger charge is 2.05. The summed E-state index contributed by atoms with van der Waals surface area (Å²) in [6, 6.07) is 7.68. The lowest BCUT2D eigenvalue weighted by molar-refractivity contribution is 0.207. The average Bonchev–Trinajstić information content (AvgIpc) is 2.28. The Morgan fingerprint density at radius 1 is 1.19 bits per heavy atom. The number of benzene rings is 1. The van der Waals surface area contributed by atoms with Crippen molar-refractivity contribution >= 4 is 5.69 Å². The number of unbranched alkanes of at least 4 members (excludes halogenated alkanes) is 3. The van der Waals surface area contributed by atoms with E-state index in [9.17, 15) is 0 Å². The van der Waals surface area contributed by atoms with Gasteiger partial charge in [0.1, 0.15) is 5.75 Å². The van der Waals surface area contributed by atoms with Crippen molar-refractivity contribution in [2.24, 2.45) is 0 Å². The highest BCUT2D eigenvalue weighted by atomic mass is 16.5. The smallest absolute Gasteiger partial charge is 0.142 e. The number of para-hydroxylation sites is 2. The van der Waals surface area contributed by atoms with Gasteiger partial charge in [-0.05, 0) is 31.9 Å². The minimum absolute atomic E-state index is 0.251. The van der Waals surface area contributed by atoms with E-state index in [4.69, 9.17) is 10.5 Å². The normalized spacial score (nSPS) is 12.4. The SMILES string of the molecule is CCCCCC[C@H](C)Oc1ccccc1N. The maximum absolute atomic E-state index is 5.82. The number of hydrogen-bond acceptors (Lipinski definition) is 2. The van der Waals surface area contributed by atoms with Crippen LogP contribution >= 0.6 is 0 Å². The first-order valence-corrected chi connectivity index (χ1v) is 6.25. The van der Waals surface area contributed by atoms with Gasteiger partial charge in [0.25, 0.3) is 0 Å². The fourth-order valence-corrected chi connectivity index (χ4v) is 1.72. The van der Waals surface area contributed by atoms with Gasteiger partial charge in [-0.25, -0.2) is 0 Å². The molecule has 0 unspecified atom stereocenters. The third kappa shape index (κ3) is 4.56. The molecule has 1 aromatic rings. The fraction of sp³-hybridized carbons (Fsp3) is 0.571. The summed E-state index contributed by atoms with van der Waals surface area (Å²) in [5.41, 5.74) is 6.55. The monoisotopic (exact) mass is 221 g/mol. The molecular formula is C14H23NO. The number of nitrogens with two attached hydrogens (primary N) is 1. The summed E-state index contributed by atoms with van der Waals surface area (Å²) in [5.74, 6) is 0.811. The standard InChI is InChI=1S/C14H23NO/c1-3-4-5-6-9-12(2)16-14-11-8-7-10-13(14)15/h7-8,10-12H,3-6,9,15H2,1-2H3/t12-/m0/s1. The molecule has 90 valence electrons. The number of nitrogen functional groups attached to an aromatic ring is 1. The van der Waals surface area contributed by atoms with E-state index in [1.165, 1.54) is 25.7 Å². The zero-order valence-corrected chi connectivity index (χ0v) is 10.4. The summed E-state index contributed by atoms with van der Waals surface area (Å²) in [4.78, 5) is 0. The van der Waals surface area contributed by atoms with Crippen LogP contribution in [0.25, 0.3) is 0 Å². The fourth-order valence-electron chi connectivity index (χ4n) is 1.72. The van der Waals surface area contributed by atoms with E-state index in [1.54, 1.807) is 0 Å². The van der Waals surface area contributed by atoms with Crippen LogP contribution in [0.5, 0.6) is 5.75 Å². The second-order valence-electron chi connectivity index (χ2n) is 4.32. The van der Waals surface area contributed by atoms with Crippen molar-refractivity contribution < 1.29 is 4.74 Å². The molecule has 0 radical (unpaired) electrons. The Kier molecular flexibility index (Phi) is 5.76. The molecule has 0 aliphatic carbocycles. The Morgan fingerprint density at radius 2 is 1.94 bits per heavy atom. The summed E-state index contributed by atoms with van der Waals surface area (Å²) in [6.45, 7) is 4.34. The topological polar surface area (TPSA) is 35.2 Å². The van der Waals surface area contributed by atoms with Crippen LogP contribution < -0.4 is 10.5 Å². The van der Waals surface area contributed by atoms with Gasteiger partial charge in [-0.1, -0.05) is 38.3 Å². The third-order valence-electron chi connectivity index (χ3n) is 2.71. The number of hydrogen-bond donors (Lipinski definition) is 1. The molecule has 1 aromatic carbocycles. The van der Waals surface area contributed by atoms with Crippen LogP contribution in [-0.2, 0) is 0 Å². The van der Waals surface area contributed by atoms with Crippen LogP contribution in [0.2, 0.25) is 0 Å². The van der Waals surface area contributed by atoms with Gasteiger partial charge in [0.05, 0.1) is 11.8 Å². The van der Waals surface area contributed by atoms with Crippen LogP contribution in [0.1, 0.15) is 46.0 Å². The molecule has 0 bridgehead atoms. The highest BCUT2D eigenvalue weighted by molar-refractivity contribution is 5.51. The molecule has 0 saturated carbocycles. The van der Waals surface area contributed by atoms with Gasteiger partial charge in [-0.15, -0.1) is 0 Å². The summed E-state index contributed by atoms with van der Waals surface area (Å²) >= 11 is 0. The maximum atomic E-state index is 5.82. The molecule has 0 aromatic heterocycles. The molecule has 1 rings (SSSR count). The lowest BCUT2D eigenvalue weighted by Gasteiger charge is -2.15. The Labute approximate surface area is 98.8 Å². The van der Waals surface area contributed by atoms with Crippen LogP contribution in [-0.4, -0.2) is 6.10 Å². The van der Waals surface area contributed by atoms with Crippen molar-refractivity contribution in [3.05, 3.63) is 24.3 Å². The predicted octanol–water partition coefficient (Wildman–Crippen LogP) is 4.01. The molecule has 0 aliphatic rings. The molecule has 16 heavy (non-hydrogen) atoms. The molecular weight excluding hydrogens is 198 g/mol. The van der Waals surface area contributed by atoms with E-state index in [-0.39, 0.29) is 6.10 Å². The average molecular weight is 221 g/mol. The molecule has 0 aliphatic heterocycles. The van der Waals surface area contributed by atoms with Crippen molar-refractivity contribution in [1.29, 1.82) is 0 Å². The van der Waals surface area contributed by atoms with E-state index in [2.05, 4.69) is 13.8 Å². The Morgan fingerprint density at radius 3 is 2.62 bits per heavy atom. The van der Waals surface area contributed by atoms with Crippen molar-refractivity contribution in [2.75, 3.05) is 5.73 Å². The molecule has 0 spiro atoms. The van der Waals surface area contributed by atoms with Gasteiger partial charge in [0.15, 0.2) is 0 Å². The van der Waals surface area contributed by atoms with E-state index >= 15 is 0 Å². The molecule has 0 amide bonds. The number of ether oxygens (including phenoxy) is 1. The molecule has 2 heteroatoms. The second-order valence-corrected chi connectivity index (χ2v) is 4.32. The van der Waals surface area contributed by atoms with E-state index in [0.717, 1.165) is 17.9 Å². The van der Waals surface area contributed by atoms with Gasteiger partial charge >= 0.3 is 0 Å². The highest BCUT2D eigenvalue weighted by Crippen LogP contribution is 2.22. The Bertz CT molecular complexity index is 299. The van der Waals surface area contributed by atoms with Gasteiger partial charge in [-0.3, -0.25) is 0 Å². The third-order valence-corrected chi connectivity index (χ3v) is 2.71. The van der Waals surface area contributed by atoms with E-state index in [0.29, 0.717) is 0 Å². The predicted molar refractivity (Wildman–Crippen MR) is 69.7 cm³/mol. The molecule has 0 saturated heterocycles. The zero-order chi connectivity index (χ0) is 11.8. The lowest BCUT2D eigenvalue weighted by Crippen LogP contribution is -2.12. The first kappa shape index (κ1) is 12.9. The number of anilines is 1. The number of rotatable bonds is 7. The van der Waals surface area contributed by atoms with Crippen molar-refractivity contribution in [3.8, 4) is 5.75 Å². The summed E-state index contributed by atoms with van der Waals surface area (Å²) in [6.07, 6.45) is 6.49. The first-order chi connectivity index (χ1) is 7.74. The van der Waals surface area contributed by atoms with Gasteiger partial charge in [0, 0.05) is 0 Å². The quantitative estimate of drug-likeness (QED) is 0.558. The summed E-state index contributed by atoms with van der Waals surface area (Å²) in [7, 11) is 0. The van der Waals surface area contributed by atoms with Gasteiger partial charge < -0.3 is 10.5 Å². The Balaban J connectivity index is 2.28. The molecule has 0 fully saturated rings. The lowest BCUT2D eigenvalue weighted by atomic mass is 10.1. The minimum atomic E-state index is 0.251. The van der Waals surface area contributed by atoms with Crippen LogP contribution in [0, 0.1) is 0 Å². The van der Waals surface area contributed by atoms with Crippen molar-refractivity contribution in [3.63, 3.8) is 0 Å². The molecule has 0 heterocycles. The van der Waals surface area contributed by atoms with Gasteiger partial charge in [0.2, 0.25) is 0 Å². The van der Waals surface area contributed by atoms with E-state index in [1.807, 2.05) is 24.3 Å². The zero-order valence-electron chi connectivity index (χ0n) is 10.4. The molecule has 2 nitrogen and oxygen atoms in total. The van der Waals surface area contributed by atoms with Crippen molar-refractivity contribution in [1.82, 2.24) is 0 Å². The Hall–Kier alpha value is -1.18. The summed E-state index contributed by atoms with van der Waals surface area (Å²) in [5, 5.41) is 0. The van der Waals surface area contributed by atoms with Crippen LogP contribution in [0.4, 0.5) is 5.69 Å². The maximum Gasteiger partial charge on any atom is 0.142 e.